The van der Waals surface area contributed by atoms with Gasteiger partial charge in [-0.15, -0.1) is 0 Å². The molecular weight excluding hydrogens is 181 g/mol. The predicted octanol–water partition coefficient (Wildman–Crippen LogP) is 1.65. The van der Waals surface area contributed by atoms with E-state index in [4.69, 9.17) is 5.73 Å². The summed E-state index contributed by atoms with van der Waals surface area (Å²) in [5.41, 5.74) is 6.62. The van der Waals surface area contributed by atoms with Crippen LogP contribution in [0.25, 0.3) is 0 Å². The number of hydrogen-bond donors (Lipinski definition) is 1. The first kappa shape index (κ1) is 9.65. The highest BCUT2D eigenvalue weighted by atomic mass is 19.1. The number of aryl methyl sites for hydroxylation is 1. The Labute approximate surface area is 83.1 Å². The second-order valence-corrected chi connectivity index (χ2v) is 4.23. The molecule has 2 rings (SSSR count). The van der Waals surface area contributed by atoms with E-state index in [1.54, 1.807) is 6.20 Å². The molecule has 0 spiro atoms. The number of hydrogen-bond acceptors (Lipinski definition) is 2. The smallest absolute Gasteiger partial charge is 0.108 e. The van der Waals surface area contributed by atoms with Gasteiger partial charge in [-0.05, 0) is 19.4 Å². The summed E-state index contributed by atoms with van der Waals surface area (Å²) < 4.78 is 15.0. The zero-order chi connectivity index (χ0) is 10.3. The minimum atomic E-state index is -0.752. The molecule has 0 radical (unpaired) electrons. The lowest BCUT2D eigenvalue weighted by Crippen LogP contribution is -2.25. The molecule has 78 valence electrons. The van der Waals surface area contributed by atoms with Gasteiger partial charge in [0, 0.05) is 18.2 Å². The average Bonchev–Trinajstić information content (AvgIpc) is 2.67. The molecule has 3 nitrogen and oxygen atoms in total. The van der Waals surface area contributed by atoms with Crippen molar-refractivity contribution >= 4 is 0 Å². The fourth-order valence-corrected chi connectivity index (χ4v) is 1.86. The van der Waals surface area contributed by atoms with Gasteiger partial charge >= 0.3 is 0 Å². The molecule has 0 amide bonds. The number of rotatable bonds is 3. The van der Waals surface area contributed by atoms with E-state index >= 15 is 0 Å². The Morgan fingerprint density at radius 2 is 2.50 bits per heavy atom. The van der Waals surface area contributed by atoms with Crippen LogP contribution < -0.4 is 5.73 Å². The third kappa shape index (κ3) is 1.25. The minimum absolute atomic E-state index is 0.236. The van der Waals surface area contributed by atoms with Gasteiger partial charge in [0.1, 0.15) is 6.17 Å². The van der Waals surface area contributed by atoms with Gasteiger partial charge in [-0.25, -0.2) is 4.39 Å². The van der Waals surface area contributed by atoms with E-state index in [1.165, 1.54) is 0 Å². The topological polar surface area (TPSA) is 43.8 Å². The lowest BCUT2D eigenvalue weighted by Gasteiger charge is -2.19. The van der Waals surface area contributed by atoms with Crippen molar-refractivity contribution in [3.63, 3.8) is 0 Å². The summed E-state index contributed by atoms with van der Waals surface area (Å²) in [6.45, 7) is 4.68. The second kappa shape index (κ2) is 3.05. The van der Waals surface area contributed by atoms with Crippen LogP contribution in [0.5, 0.6) is 0 Å². The molecule has 0 aliphatic heterocycles. The first-order valence-corrected chi connectivity index (χ1v) is 5.01. The van der Waals surface area contributed by atoms with Gasteiger partial charge < -0.3 is 5.73 Å². The molecule has 0 saturated heterocycles. The van der Waals surface area contributed by atoms with E-state index in [9.17, 15) is 4.39 Å². The molecule has 1 aliphatic carbocycles. The Morgan fingerprint density at radius 1 is 1.86 bits per heavy atom. The van der Waals surface area contributed by atoms with Gasteiger partial charge in [0.15, 0.2) is 0 Å². The van der Waals surface area contributed by atoms with Gasteiger partial charge in [-0.3, -0.25) is 4.68 Å². The van der Waals surface area contributed by atoms with E-state index in [2.05, 4.69) is 5.10 Å². The van der Waals surface area contributed by atoms with Gasteiger partial charge in [-0.1, -0.05) is 6.92 Å². The average molecular weight is 197 g/mol. The normalized spacial score (nSPS) is 33.0. The third-order valence-corrected chi connectivity index (χ3v) is 3.25. The molecule has 1 heterocycles. The summed E-state index contributed by atoms with van der Waals surface area (Å²) in [5.74, 6) is 0. The molecule has 3 unspecified atom stereocenters. The maximum absolute atomic E-state index is 13.1. The van der Waals surface area contributed by atoms with Crippen molar-refractivity contribution in [2.75, 3.05) is 0 Å². The molecule has 0 aromatic carbocycles. The van der Waals surface area contributed by atoms with Crippen molar-refractivity contribution in [3.8, 4) is 0 Å². The third-order valence-electron chi connectivity index (χ3n) is 3.25. The summed E-state index contributed by atoms with van der Waals surface area (Å²) in [7, 11) is 0. The van der Waals surface area contributed by atoms with Gasteiger partial charge in [-0.2, -0.15) is 5.10 Å². The maximum Gasteiger partial charge on any atom is 0.108 e. The number of aromatic nitrogens is 2. The van der Waals surface area contributed by atoms with Crippen molar-refractivity contribution in [2.45, 2.75) is 39.0 Å². The molecular formula is C10H16FN3. The van der Waals surface area contributed by atoms with Gasteiger partial charge in [0.25, 0.3) is 0 Å². The SMILES string of the molecule is CCn1nccc1C(N)C1(C)CC1F. The quantitative estimate of drug-likeness (QED) is 0.800. The molecule has 0 bridgehead atoms. The fraction of sp³-hybridized carbons (Fsp3) is 0.700. The summed E-state index contributed by atoms with van der Waals surface area (Å²) in [6, 6.07) is 1.64. The Balaban J connectivity index is 2.23. The maximum atomic E-state index is 13.1. The van der Waals surface area contributed by atoms with E-state index in [-0.39, 0.29) is 11.5 Å². The highest BCUT2D eigenvalue weighted by Crippen LogP contribution is 2.55. The van der Waals surface area contributed by atoms with Crippen molar-refractivity contribution in [3.05, 3.63) is 18.0 Å². The highest BCUT2D eigenvalue weighted by Gasteiger charge is 2.56. The molecule has 3 atom stereocenters. The van der Waals surface area contributed by atoms with Crippen LogP contribution in [-0.4, -0.2) is 16.0 Å². The fourth-order valence-electron chi connectivity index (χ4n) is 1.86. The lowest BCUT2D eigenvalue weighted by atomic mass is 9.96. The minimum Gasteiger partial charge on any atom is -0.322 e. The van der Waals surface area contributed by atoms with Crippen LogP contribution in [0.2, 0.25) is 0 Å². The molecule has 1 fully saturated rings. The Hall–Kier alpha value is -0.900. The van der Waals surface area contributed by atoms with Crippen LogP contribution in [0.3, 0.4) is 0 Å². The molecule has 14 heavy (non-hydrogen) atoms. The van der Waals surface area contributed by atoms with Crippen LogP contribution in [0, 0.1) is 5.41 Å². The monoisotopic (exact) mass is 197 g/mol. The standard InChI is InChI=1S/C10H16FN3/c1-3-14-7(4-5-13-14)9(12)10(2)6-8(10)11/h4-5,8-9H,3,6,12H2,1-2H3. The van der Waals surface area contributed by atoms with E-state index in [1.807, 2.05) is 24.6 Å². The van der Waals surface area contributed by atoms with Crippen LogP contribution in [-0.2, 0) is 6.54 Å². The molecule has 2 N–H and O–H groups in total. The summed E-state index contributed by atoms with van der Waals surface area (Å²) in [6.07, 6.45) is 1.54. The van der Waals surface area contributed by atoms with Crippen LogP contribution in [0.4, 0.5) is 4.39 Å². The molecule has 1 aliphatic rings. The van der Waals surface area contributed by atoms with Crippen molar-refractivity contribution in [1.29, 1.82) is 0 Å². The zero-order valence-corrected chi connectivity index (χ0v) is 8.57. The second-order valence-electron chi connectivity index (χ2n) is 4.23. The lowest BCUT2D eigenvalue weighted by molar-refractivity contribution is 0.321. The zero-order valence-electron chi connectivity index (χ0n) is 8.57. The van der Waals surface area contributed by atoms with Crippen LogP contribution in [0.1, 0.15) is 32.0 Å². The van der Waals surface area contributed by atoms with E-state index in [0.717, 1.165) is 12.2 Å². The highest BCUT2D eigenvalue weighted by molar-refractivity contribution is 5.18. The summed E-state index contributed by atoms with van der Waals surface area (Å²) in [4.78, 5) is 0. The Kier molecular flexibility index (Phi) is 2.10. The molecule has 1 saturated carbocycles. The largest absolute Gasteiger partial charge is 0.322 e. The van der Waals surface area contributed by atoms with Crippen molar-refractivity contribution in [2.24, 2.45) is 11.1 Å². The number of halogens is 1. The molecule has 1 aromatic heterocycles. The first-order valence-electron chi connectivity index (χ1n) is 5.01. The number of alkyl halides is 1. The number of nitrogens with two attached hydrogens (primary N) is 1. The van der Waals surface area contributed by atoms with Gasteiger partial charge in [0.2, 0.25) is 0 Å². The van der Waals surface area contributed by atoms with Crippen molar-refractivity contribution in [1.82, 2.24) is 9.78 Å². The summed E-state index contributed by atoms with van der Waals surface area (Å²) in [5, 5.41) is 4.14. The van der Waals surface area contributed by atoms with E-state index < -0.39 is 6.17 Å². The number of nitrogens with zero attached hydrogens (tertiary/aromatic N) is 2. The van der Waals surface area contributed by atoms with E-state index in [0.29, 0.717) is 6.42 Å². The first-order chi connectivity index (χ1) is 6.59. The van der Waals surface area contributed by atoms with Crippen molar-refractivity contribution < 1.29 is 4.39 Å². The Bertz CT molecular complexity index is 336. The van der Waals surface area contributed by atoms with Crippen LogP contribution >= 0.6 is 0 Å². The molecule has 1 aromatic rings. The summed E-state index contributed by atoms with van der Waals surface area (Å²) >= 11 is 0. The van der Waals surface area contributed by atoms with Crippen LogP contribution in [0.15, 0.2) is 12.3 Å². The van der Waals surface area contributed by atoms with Gasteiger partial charge in [0.05, 0.1) is 11.7 Å². The predicted molar refractivity (Wildman–Crippen MR) is 52.4 cm³/mol. The molecule has 4 heteroatoms. The Morgan fingerprint density at radius 3 is 3.00 bits per heavy atom.